The summed E-state index contributed by atoms with van der Waals surface area (Å²) in [6, 6.07) is 27.5. The van der Waals surface area contributed by atoms with Gasteiger partial charge in [-0.2, -0.15) is 0 Å². The van der Waals surface area contributed by atoms with Crippen LogP contribution in [0, 0.1) is 0 Å². The Labute approximate surface area is 153 Å². The third-order valence-corrected chi connectivity index (χ3v) is 5.10. The van der Waals surface area contributed by atoms with E-state index in [1.807, 2.05) is 89.8 Å². The predicted molar refractivity (Wildman–Crippen MR) is 102 cm³/mol. The van der Waals surface area contributed by atoms with E-state index >= 15 is 0 Å². The van der Waals surface area contributed by atoms with E-state index in [2.05, 4.69) is 0 Å². The number of nitrogens with zero attached hydrogens (tertiary/aromatic N) is 1. The second kappa shape index (κ2) is 7.14. The maximum absolute atomic E-state index is 13.3. The topological polar surface area (TPSA) is 40.5 Å². The largest absolute Gasteiger partial charge is 0.396 e. The highest BCUT2D eigenvalue weighted by atomic mass is 16.3. The lowest BCUT2D eigenvalue weighted by Gasteiger charge is -2.42. The molecule has 26 heavy (non-hydrogen) atoms. The molecule has 0 unspecified atom stereocenters. The molecule has 1 amide bonds. The average molecular weight is 343 g/mol. The van der Waals surface area contributed by atoms with Crippen molar-refractivity contribution in [1.82, 2.24) is 4.90 Å². The van der Waals surface area contributed by atoms with E-state index in [1.54, 1.807) is 0 Å². The SMILES string of the molecule is O=C1c2ccccc2[C@@H](CO)[C@H](c2ccccc2)N1Cc1ccccc1. The van der Waals surface area contributed by atoms with Crippen molar-refractivity contribution in [2.45, 2.75) is 18.5 Å². The van der Waals surface area contributed by atoms with Crippen molar-refractivity contribution in [3.63, 3.8) is 0 Å². The van der Waals surface area contributed by atoms with Gasteiger partial charge < -0.3 is 10.0 Å². The van der Waals surface area contributed by atoms with Gasteiger partial charge in [-0.3, -0.25) is 4.79 Å². The highest BCUT2D eigenvalue weighted by Crippen LogP contribution is 2.42. The number of fused-ring (bicyclic) bond motifs is 1. The number of hydrogen-bond donors (Lipinski definition) is 1. The molecule has 3 heteroatoms. The first kappa shape index (κ1) is 16.6. The fourth-order valence-corrected chi connectivity index (χ4v) is 3.89. The number of carbonyl (C=O) groups is 1. The minimum Gasteiger partial charge on any atom is -0.396 e. The van der Waals surface area contributed by atoms with Gasteiger partial charge in [-0.05, 0) is 22.8 Å². The molecular formula is C23H21NO2. The predicted octanol–water partition coefficient (Wildman–Crippen LogP) is 4.16. The van der Waals surface area contributed by atoms with Crippen LogP contribution in [0.5, 0.6) is 0 Å². The molecule has 0 radical (unpaired) electrons. The monoisotopic (exact) mass is 343 g/mol. The molecule has 130 valence electrons. The summed E-state index contributed by atoms with van der Waals surface area (Å²) in [5.74, 6) is -0.127. The summed E-state index contributed by atoms with van der Waals surface area (Å²) in [6.45, 7) is 0.513. The van der Waals surface area contributed by atoms with Crippen LogP contribution >= 0.6 is 0 Å². The lowest BCUT2D eigenvalue weighted by atomic mass is 9.80. The molecule has 1 aliphatic rings. The van der Waals surface area contributed by atoms with E-state index in [0.717, 1.165) is 16.7 Å². The van der Waals surface area contributed by atoms with Crippen LogP contribution in [0.1, 0.15) is 39.0 Å². The Morgan fingerprint density at radius 2 is 1.42 bits per heavy atom. The van der Waals surface area contributed by atoms with Gasteiger partial charge in [0, 0.05) is 18.0 Å². The molecule has 3 aromatic carbocycles. The van der Waals surface area contributed by atoms with Gasteiger partial charge in [-0.1, -0.05) is 78.9 Å². The molecule has 0 spiro atoms. The van der Waals surface area contributed by atoms with Crippen molar-refractivity contribution in [3.8, 4) is 0 Å². The van der Waals surface area contributed by atoms with Crippen LogP contribution in [0.15, 0.2) is 84.9 Å². The third kappa shape index (κ3) is 2.91. The van der Waals surface area contributed by atoms with Gasteiger partial charge in [0.25, 0.3) is 5.91 Å². The lowest BCUT2D eigenvalue weighted by molar-refractivity contribution is 0.0541. The molecule has 4 rings (SSSR count). The Hall–Kier alpha value is -2.91. The van der Waals surface area contributed by atoms with E-state index in [1.165, 1.54) is 0 Å². The zero-order chi connectivity index (χ0) is 17.9. The summed E-state index contributed by atoms with van der Waals surface area (Å²) in [7, 11) is 0. The van der Waals surface area contributed by atoms with Crippen LogP contribution in [0.3, 0.4) is 0 Å². The lowest BCUT2D eigenvalue weighted by Crippen LogP contribution is -2.43. The van der Waals surface area contributed by atoms with Gasteiger partial charge >= 0.3 is 0 Å². The molecule has 0 saturated heterocycles. The highest BCUT2D eigenvalue weighted by molar-refractivity contribution is 5.97. The first-order valence-electron chi connectivity index (χ1n) is 8.89. The van der Waals surface area contributed by atoms with Gasteiger partial charge in [0.15, 0.2) is 0 Å². The van der Waals surface area contributed by atoms with Crippen molar-refractivity contribution >= 4 is 5.91 Å². The maximum atomic E-state index is 13.3. The fraction of sp³-hybridized carbons (Fsp3) is 0.174. The molecule has 1 aliphatic heterocycles. The number of amides is 1. The molecule has 0 aliphatic carbocycles. The minimum absolute atomic E-state index is 0.00482. The smallest absolute Gasteiger partial charge is 0.254 e. The number of aliphatic hydroxyl groups excluding tert-OH is 1. The molecule has 1 heterocycles. The Balaban J connectivity index is 1.84. The quantitative estimate of drug-likeness (QED) is 0.773. The van der Waals surface area contributed by atoms with Crippen LogP contribution < -0.4 is 0 Å². The summed E-state index contributed by atoms with van der Waals surface area (Å²) in [4.78, 5) is 15.2. The van der Waals surface area contributed by atoms with Crippen LogP contribution in [0.25, 0.3) is 0 Å². The van der Waals surface area contributed by atoms with Crippen molar-refractivity contribution in [3.05, 3.63) is 107 Å². The summed E-state index contributed by atoms with van der Waals surface area (Å²) in [5.41, 5.74) is 3.75. The summed E-state index contributed by atoms with van der Waals surface area (Å²) in [5, 5.41) is 10.2. The van der Waals surface area contributed by atoms with E-state index in [4.69, 9.17) is 0 Å². The molecule has 3 aromatic rings. The summed E-state index contributed by atoms with van der Waals surface area (Å²) >= 11 is 0. The van der Waals surface area contributed by atoms with Gasteiger partial charge in [-0.15, -0.1) is 0 Å². The zero-order valence-electron chi connectivity index (χ0n) is 14.5. The number of rotatable bonds is 4. The number of aliphatic hydroxyl groups is 1. The standard InChI is InChI=1S/C23H21NO2/c25-16-21-19-13-7-8-14-20(19)23(26)24(15-17-9-3-1-4-10-17)22(21)18-11-5-2-6-12-18/h1-14,21-22,25H,15-16H2/t21-,22+/m1/s1. The third-order valence-electron chi connectivity index (χ3n) is 5.10. The molecule has 3 nitrogen and oxygen atoms in total. The van der Waals surface area contributed by atoms with Gasteiger partial charge in [0.05, 0.1) is 12.6 Å². The molecule has 0 saturated carbocycles. The van der Waals surface area contributed by atoms with Crippen LogP contribution in [0.4, 0.5) is 0 Å². The van der Waals surface area contributed by atoms with Crippen molar-refractivity contribution in [2.75, 3.05) is 6.61 Å². The van der Waals surface area contributed by atoms with Crippen LogP contribution in [-0.2, 0) is 6.54 Å². The highest BCUT2D eigenvalue weighted by Gasteiger charge is 2.39. The molecule has 1 N–H and O–H groups in total. The summed E-state index contributed by atoms with van der Waals surface area (Å²) < 4.78 is 0. The van der Waals surface area contributed by atoms with E-state index in [-0.39, 0.29) is 24.5 Å². The van der Waals surface area contributed by atoms with E-state index in [0.29, 0.717) is 12.1 Å². The number of benzene rings is 3. The van der Waals surface area contributed by atoms with Crippen molar-refractivity contribution < 1.29 is 9.90 Å². The second-order valence-electron chi connectivity index (χ2n) is 6.65. The zero-order valence-corrected chi connectivity index (χ0v) is 14.5. The Morgan fingerprint density at radius 1 is 0.808 bits per heavy atom. The van der Waals surface area contributed by atoms with Crippen LogP contribution in [0.2, 0.25) is 0 Å². The molecule has 2 atom stereocenters. The van der Waals surface area contributed by atoms with Gasteiger partial charge in [0.2, 0.25) is 0 Å². The van der Waals surface area contributed by atoms with Gasteiger partial charge in [-0.25, -0.2) is 0 Å². The average Bonchev–Trinajstić information content (AvgIpc) is 2.71. The fourth-order valence-electron chi connectivity index (χ4n) is 3.89. The van der Waals surface area contributed by atoms with Crippen molar-refractivity contribution in [1.29, 1.82) is 0 Å². The Kier molecular flexibility index (Phi) is 4.55. The van der Waals surface area contributed by atoms with Crippen molar-refractivity contribution in [2.24, 2.45) is 0 Å². The first-order chi connectivity index (χ1) is 12.8. The van der Waals surface area contributed by atoms with Gasteiger partial charge in [0.1, 0.15) is 0 Å². The normalized spacial score (nSPS) is 19.3. The number of hydrogen-bond acceptors (Lipinski definition) is 2. The summed E-state index contributed by atoms with van der Waals surface area (Å²) in [6.07, 6.45) is 0. The minimum atomic E-state index is -0.191. The molecule has 0 fully saturated rings. The molecule has 0 bridgehead atoms. The molecular weight excluding hydrogens is 322 g/mol. The second-order valence-corrected chi connectivity index (χ2v) is 6.65. The van der Waals surface area contributed by atoms with Crippen LogP contribution in [-0.4, -0.2) is 22.5 Å². The van der Waals surface area contributed by atoms with E-state index < -0.39 is 0 Å². The molecule has 0 aromatic heterocycles. The van der Waals surface area contributed by atoms with E-state index in [9.17, 15) is 9.90 Å². The Bertz CT molecular complexity index is 892. The maximum Gasteiger partial charge on any atom is 0.254 e. The number of carbonyl (C=O) groups excluding carboxylic acids is 1. The first-order valence-corrected chi connectivity index (χ1v) is 8.89. The Morgan fingerprint density at radius 3 is 2.12 bits per heavy atom.